The quantitative estimate of drug-likeness (QED) is 0.184. The summed E-state index contributed by atoms with van der Waals surface area (Å²) in [5.74, 6) is -2.53. The van der Waals surface area contributed by atoms with Crippen molar-refractivity contribution in [2.24, 2.45) is 0 Å². The third kappa shape index (κ3) is 3.62. The second-order valence-corrected chi connectivity index (χ2v) is 8.05. The molecule has 2 aliphatic rings. The molecule has 0 bridgehead atoms. The van der Waals surface area contributed by atoms with E-state index in [4.69, 9.17) is 15.2 Å². The molecular weight excluding hydrogens is 408 g/mol. The predicted octanol–water partition coefficient (Wildman–Crippen LogP) is -0.174. The number of aliphatic carboxylic acids is 1. The van der Waals surface area contributed by atoms with E-state index < -0.39 is 40.0 Å². The molecule has 0 aromatic carbocycles. The Morgan fingerprint density at radius 3 is 2.72 bits per heavy atom. The highest BCUT2D eigenvalue weighted by Gasteiger charge is 2.63. The van der Waals surface area contributed by atoms with Crippen molar-refractivity contribution < 1.29 is 39.4 Å². The Balaban J connectivity index is 1.87. The Morgan fingerprint density at radius 2 is 2.10 bits per heavy atom. The molecule has 2 fully saturated rings. The fraction of sp³-hybridized carbons (Fsp3) is 0.312. The lowest BCUT2D eigenvalue weighted by Crippen LogP contribution is -2.59. The van der Waals surface area contributed by atoms with Gasteiger partial charge in [0.2, 0.25) is 0 Å². The number of nitrogens with one attached hydrogen (secondary N) is 2. The van der Waals surface area contributed by atoms with Crippen LogP contribution in [0.15, 0.2) is 23.9 Å². The average molecular weight is 424 g/mol. The highest BCUT2D eigenvalue weighted by atomic mass is 32.2. The van der Waals surface area contributed by atoms with Crippen LogP contribution >= 0.6 is 11.8 Å². The van der Waals surface area contributed by atoms with Gasteiger partial charge in [0, 0.05) is 11.8 Å². The van der Waals surface area contributed by atoms with Crippen molar-refractivity contribution in [3.63, 3.8) is 0 Å². The molecule has 3 amide bonds. The molecule has 3 heterocycles. The van der Waals surface area contributed by atoms with Gasteiger partial charge in [-0.15, -0.1) is 11.8 Å². The first kappa shape index (κ1) is 20.6. The zero-order chi connectivity index (χ0) is 21.3. The number of hydrogen-bond acceptors (Lipinski definition) is 9. The normalized spacial score (nSPS) is 26.5. The first-order valence-electron chi connectivity index (χ1n) is 8.14. The lowest BCUT2D eigenvalue weighted by Gasteiger charge is -2.39. The Kier molecular flexibility index (Phi) is 5.46. The number of carbonyl (C=O) groups excluding carboxylic acids is 3. The van der Waals surface area contributed by atoms with E-state index in [1.165, 1.54) is 47.2 Å². The topological polar surface area (TPSA) is 178 Å². The van der Waals surface area contributed by atoms with E-state index in [9.17, 15) is 24.3 Å². The van der Waals surface area contributed by atoms with Gasteiger partial charge in [0.15, 0.2) is 0 Å². The maximum Gasteiger partial charge on any atom is 0.431 e. The van der Waals surface area contributed by atoms with E-state index in [1.54, 1.807) is 0 Å². The summed E-state index contributed by atoms with van der Waals surface area (Å²) in [7, 11) is 0. The zero-order valence-electron chi connectivity index (χ0n) is 14.9. The van der Waals surface area contributed by atoms with Crippen LogP contribution in [0.4, 0.5) is 4.79 Å². The summed E-state index contributed by atoms with van der Waals surface area (Å²) >= 11 is 1.12. The molecule has 0 saturated carbocycles. The maximum absolute atomic E-state index is 12.6. The zero-order valence-corrected chi connectivity index (χ0v) is 15.7. The number of hydroxylamine groups is 2. The fourth-order valence-electron chi connectivity index (χ4n) is 3.19. The predicted molar refractivity (Wildman–Crippen MR) is 95.8 cm³/mol. The van der Waals surface area contributed by atoms with E-state index in [0.717, 1.165) is 11.8 Å². The van der Waals surface area contributed by atoms with Crippen LogP contribution in [0.3, 0.4) is 0 Å². The number of aromatic nitrogens is 1. The van der Waals surface area contributed by atoms with E-state index in [2.05, 4.69) is 4.98 Å². The van der Waals surface area contributed by atoms with Crippen molar-refractivity contribution in [1.82, 2.24) is 20.8 Å². The third-order valence-electron chi connectivity index (χ3n) is 4.50. The number of fused-ring (bicyclic) bond motifs is 1. The van der Waals surface area contributed by atoms with Crippen molar-refractivity contribution in [3.8, 4) is 0 Å². The smallest absolute Gasteiger partial charge is 0.431 e. The molecule has 0 aliphatic carbocycles. The van der Waals surface area contributed by atoms with Gasteiger partial charge in [0.1, 0.15) is 18.0 Å². The van der Waals surface area contributed by atoms with Gasteiger partial charge in [-0.05, 0) is 25.1 Å². The molecule has 0 spiro atoms. The fourth-order valence-corrected chi connectivity index (χ4v) is 4.80. The lowest BCUT2D eigenvalue weighted by molar-refractivity contribution is -0.153. The number of ether oxygens (including phenoxy) is 1. The Bertz CT molecular complexity index is 922. The molecule has 3 rings (SSSR count). The molecule has 1 unspecified atom stereocenters. The van der Waals surface area contributed by atoms with Crippen LogP contribution in [0.2, 0.25) is 0 Å². The number of carbonyl (C=O) groups is 4. The molecule has 154 valence electrons. The van der Waals surface area contributed by atoms with Crippen LogP contribution in [0.25, 0.3) is 6.08 Å². The summed E-state index contributed by atoms with van der Waals surface area (Å²) < 4.78 is 3.64. The monoisotopic (exact) mass is 424 g/mol. The number of carboxylic acid groups (broad SMARTS) is 1. The molecule has 2 saturated heterocycles. The summed E-state index contributed by atoms with van der Waals surface area (Å²) in [6.07, 6.45) is 1.61. The van der Waals surface area contributed by atoms with Crippen LogP contribution in [-0.4, -0.2) is 72.1 Å². The molecule has 2 aliphatic heterocycles. The van der Waals surface area contributed by atoms with Crippen molar-refractivity contribution in [3.05, 3.63) is 35.2 Å². The summed E-state index contributed by atoms with van der Waals surface area (Å²) in [4.78, 5) is 52.3. The van der Waals surface area contributed by atoms with Crippen LogP contribution in [-0.2, 0) is 14.3 Å². The van der Waals surface area contributed by atoms with E-state index in [0.29, 0.717) is 0 Å². The molecule has 12 nitrogen and oxygen atoms in total. The Morgan fingerprint density at radius 1 is 1.38 bits per heavy atom. The minimum atomic E-state index is -1.26. The molecule has 0 radical (unpaired) electrons. The van der Waals surface area contributed by atoms with Gasteiger partial charge in [0.25, 0.3) is 11.8 Å². The standard InChI is InChI=1S/C16H16N4O8S/c1-16(6-28-15(25)19-27)10(14(23)24)20-12(22)9(13(20)29-16)5-8-4-7(2-3-17-8)11(21)18-26/h2-5,10,13,26-27H,6H2,1H3,(H,18,21)(H,19,25)(H,23,24)/b9-5-/t10-,13?,16-/m0/s1. The van der Waals surface area contributed by atoms with E-state index in [1.807, 2.05) is 0 Å². The molecule has 3 atom stereocenters. The first-order chi connectivity index (χ1) is 13.7. The van der Waals surface area contributed by atoms with Gasteiger partial charge in [-0.2, -0.15) is 0 Å². The summed E-state index contributed by atoms with van der Waals surface area (Å²) in [5.41, 5.74) is 3.44. The number of hydrogen-bond donors (Lipinski definition) is 5. The number of carboxylic acids is 1. The number of amides is 3. The Labute approximate surface area is 167 Å². The minimum absolute atomic E-state index is 0.119. The van der Waals surface area contributed by atoms with Gasteiger partial charge >= 0.3 is 12.1 Å². The molecule has 5 N–H and O–H groups in total. The second-order valence-electron chi connectivity index (χ2n) is 6.43. The van der Waals surface area contributed by atoms with Crippen molar-refractivity contribution >= 4 is 41.7 Å². The average Bonchev–Trinajstić information content (AvgIpc) is 3.00. The van der Waals surface area contributed by atoms with Gasteiger partial charge in [0.05, 0.1) is 16.0 Å². The summed E-state index contributed by atoms with van der Waals surface area (Å²) in [6, 6.07) is 1.47. The third-order valence-corrected chi connectivity index (χ3v) is 6.08. The van der Waals surface area contributed by atoms with Crippen LogP contribution in [0, 0.1) is 0 Å². The number of pyridine rings is 1. The largest absolute Gasteiger partial charge is 0.480 e. The number of rotatable bonds is 5. The van der Waals surface area contributed by atoms with Crippen molar-refractivity contribution in [2.75, 3.05) is 6.61 Å². The number of nitrogens with zero attached hydrogens (tertiary/aromatic N) is 2. The highest BCUT2D eigenvalue weighted by molar-refractivity contribution is 8.02. The van der Waals surface area contributed by atoms with Crippen LogP contribution in [0.1, 0.15) is 23.0 Å². The number of β-lactam (4-membered cyclic amide) rings is 1. The Hall–Kier alpha value is -3.16. The summed E-state index contributed by atoms with van der Waals surface area (Å²) in [5, 5.41) is 26.2. The van der Waals surface area contributed by atoms with Crippen LogP contribution < -0.4 is 11.0 Å². The van der Waals surface area contributed by atoms with Gasteiger partial charge < -0.3 is 14.7 Å². The molecule has 29 heavy (non-hydrogen) atoms. The maximum atomic E-state index is 12.6. The van der Waals surface area contributed by atoms with Crippen molar-refractivity contribution in [2.45, 2.75) is 23.1 Å². The van der Waals surface area contributed by atoms with Gasteiger partial charge in [-0.25, -0.2) is 20.5 Å². The highest BCUT2D eigenvalue weighted by Crippen LogP contribution is 2.53. The summed E-state index contributed by atoms with van der Waals surface area (Å²) in [6.45, 7) is 1.17. The second kappa shape index (κ2) is 7.69. The minimum Gasteiger partial charge on any atom is -0.480 e. The molecule has 13 heteroatoms. The number of thioether (sulfide) groups is 1. The van der Waals surface area contributed by atoms with Gasteiger partial charge in [-0.3, -0.25) is 25.0 Å². The molecular formula is C16H16N4O8S. The van der Waals surface area contributed by atoms with Crippen molar-refractivity contribution in [1.29, 1.82) is 0 Å². The van der Waals surface area contributed by atoms with Crippen LogP contribution in [0.5, 0.6) is 0 Å². The SMILES string of the molecule is C[C@@]1(COC(=O)NO)SC2/C(=C\c3cc(C(=O)NO)ccn3)C(=O)N2[C@H]1C(=O)O. The molecule has 1 aromatic heterocycles. The molecule has 1 aromatic rings. The van der Waals surface area contributed by atoms with Gasteiger partial charge in [-0.1, -0.05) is 0 Å². The van der Waals surface area contributed by atoms with E-state index >= 15 is 0 Å². The van der Waals surface area contributed by atoms with E-state index in [-0.39, 0.29) is 23.4 Å². The first-order valence-corrected chi connectivity index (χ1v) is 9.02. The lowest BCUT2D eigenvalue weighted by atomic mass is 9.94.